The smallest absolute Gasteiger partial charge is 0.174 e. The number of rotatable bonds is 3. The van der Waals surface area contributed by atoms with Gasteiger partial charge in [0.05, 0.1) is 12.5 Å². The van der Waals surface area contributed by atoms with Crippen LogP contribution in [0.5, 0.6) is 0 Å². The van der Waals surface area contributed by atoms with Crippen LogP contribution in [0.4, 0.5) is 5.82 Å². The van der Waals surface area contributed by atoms with Crippen molar-refractivity contribution in [2.45, 2.75) is 19.6 Å². The van der Waals surface area contributed by atoms with Crippen LogP contribution in [0.15, 0.2) is 10.9 Å². The Kier molecular flexibility index (Phi) is 4.47. The Labute approximate surface area is 109 Å². The number of hydrogen-bond acceptors (Lipinski definition) is 3. The average Bonchev–Trinajstić information content (AvgIpc) is 2.07. The summed E-state index contributed by atoms with van der Waals surface area (Å²) in [5.41, 5.74) is 0. The molecule has 1 rings (SSSR count). The molecular weight excluding hydrogens is 343 g/mol. The van der Waals surface area contributed by atoms with Crippen LogP contribution in [-0.2, 0) is 0 Å². The molecule has 1 N–H and O–H groups in total. The summed E-state index contributed by atoms with van der Waals surface area (Å²) in [7, 11) is -1.43. The molecule has 0 bridgehead atoms. The summed E-state index contributed by atoms with van der Waals surface area (Å²) in [5, 5.41) is 3.30. The first-order valence-corrected chi connectivity index (χ1v) is 9.27. The van der Waals surface area contributed by atoms with Crippen molar-refractivity contribution in [3.8, 4) is 0 Å². The van der Waals surface area contributed by atoms with Gasteiger partial charge in [-0.3, -0.25) is 0 Å². The summed E-state index contributed by atoms with van der Waals surface area (Å²) < 4.78 is 5.16. The van der Waals surface area contributed by atoms with Gasteiger partial charge in [-0.15, -0.1) is 0 Å². The van der Waals surface area contributed by atoms with Crippen molar-refractivity contribution < 1.29 is 0 Å². The zero-order chi connectivity index (χ0) is 11.5. The van der Waals surface area contributed by atoms with Crippen LogP contribution in [0.1, 0.15) is 0 Å². The van der Waals surface area contributed by atoms with Gasteiger partial charge >= 0.3 is 0 Å². The molecule has 0 saturated heterocycles. The summed E-state index contributed by atoms with van der Waals surface area (Å²) in [6.45, 7) is 6.44. The van der Waals surface area contributed by atoms with Crippen LogP contribution < -0.4 is 5.32 Å². The summed E-state index contributed by atoms with van der Waals surface area (Å²) in [5.74, 6) is 0.541. The molecule has 1 aromatic heterocycles. The molecule has 0 aliphatic rings. The summed E-state index contributed by atoms with van der Waals surface area (Å²) >= 11 is 7.95. The number of anilines is 1. The van der Waals surface area contributed by atoms with Crippen LogP contribution in [-0.4, -0.2) is 24.5 Å². The van der Waals surface area contributed by atoms with Gasteiger partial charge in [0.2, 0.25) is 0 Å². The highest BCUT2D eigenvalue weighted by molar-refractivity contribution is 14.1. The van der Waals surface area contributed by atoms with Gasteiger partial charge < -0.3 is 9.97 Å². The third-order valence-electron chi connectivity index (χ3n) is 1.35. The van der Waals surface area contributed by atoms with E-state index in [0.717, 1.165) is 3.70 Å². The van der Waals surface area contributed by atoms with E-state index in [-0.39, 0.29) is 0 Å². The van der Waals surface area contributed by atoms with E-state index in [0.29, 0.717) is 11.0 Å². The predicted octanol–water partition coefficient (Wildman–Crippen LogP) is 3.01. The third-order valence-corrected chi connectivity index (χ3v) is 3.04. The van der Waals surface area contributed by atoms with E-state index in [4.69, 9.17) is 11.6 Å². The maximum absolute atomic E-state index is 5.89. The monoisotopic (exact) mass is 354 g/mol. The lowest BCUT2D eigenvalue weighted by atomic mass is 10.6. The molecule has 1 heterocycles. The van der Waals surface area contributed by atoms with Gasteiger partial charge in [-0.1, -0.05) is 11.6 Å². The maximum atomic E-state index is 5.89. The molecule has 0 radical (unpaired) electrons. The Morgan fingerprint density at radius 3 is 2.73 bits per heavy atom. The molecular formula is C8H12ClIN4Si. The van der Waals surface area contributed by atoms with Crippen LogP contribution in [0.3, 0.4) is 0 Å². The number of aromatic nitrogens is 2. The zero-order valence-electron chi connectivity index (χ0n) is 8.75. The highest BCUT2D eigenvalue weighted by atomic mass is 127. The van der Waals surface area contributed by atoms with E-state index in [1.54, 1.807) is 12.5 Å². The molecule has 7 heteroatoms. The van der Waals surface area contributed by atoms with Crippen molar-refractivity contribution in [1.29, 1.82) is 0 Å². The molecule has 0 amide bonds. The Hall–Kier alpha value is -0.213. The van der Waals surface area contributed by atoms with Gasteiger partial charge in [0.1, 0.15) is 3.70 Å². The Morgan fingerprint density at radius 1 is 1.53 bits per heavy atom. The van der Waals surface area contributed by atoms with E-state index in [2.05, 4.69) is 62.2 Å². The molecule has 0 atom stereocenters. The van der Waals surface area contributed by atoms with Crippen molar-refractivity contribution in [1.82, 2.24) is 9.97 Å². The van der Waals surface area contributed by atoms with Crippen LogP contribution in [0.2, 0.25) is 24.8 Å². The lowest BCUT2D eigenvalue weighted by Crippen LogP contribution is -2.18. The molecule has 82 valence electrons. The van der Waals surface area contributed by atoms with Crippen LogP contribution in [0.25, 0.3) is 0 Å². The fraction of sp³-hybridized carbons (Fsp3) is 0.375. The first-order chi connectivity index (χ1) is 6.88. The molecule has 0 unspecified atom stereocenters. The third kappa shape index (κ3) is 4.89. The van der Waals surface area contributed by atoms with Gasteiger partial charge in [-0.2, -0.15) is 0 Å². The maximum Gasteiger partial charge on any atom is 0.174 e. The Balaban J connectivity index is 2.70. The van der Waals surface area contributed by atoms with Gasteiger partial charge in [0, 0.05) is 0 Å². The number of nitrogens with zero attached hydrogens (tertiary/aromatic N) is 3. The molecule has 0 saturated carbocycles. The van der Waals surface area contributed by atoms with Crippen molar-refractivity contribution in [2.24, 2.45) is 4.66 Å². The highest BCUT2D eigenvalue weighted by Gasteiger charge is 2.09. The molecule has 0 aliphatic carbocycles. The lowest BCUT2D eigenvalue weighted by molar-refractivity contribution is 1.17. The fourth-order valence-corrected chi connectivity index (χ4v) is 1.90. The summed E-state index contributed by atoms with van der Waals surface area (Å²) in [6, 6.07) is 0. The lowest BCUT2D eigenvalue weighted by Gasteiger charge is -2.08. The van der Waals surface area contributed by atoms with Crippen molar-refractivity contribution >= 4 is 54.6 Å². The van der Waals surface area contributed by atoms with Crippen LogP contribution >= 0.6 is 34.2 Å². The second-order valence-electron chi connectivity index (χ2n) is 3.91. The summed E-state index contributed by atoms with van der Waals surface area (Å²) in [4.78, 5) is 8.17. The Morgan fingerprint density at radius 2 is 2.20 bits per heavy atom. The molecule has 15 heavy (non-hydrogen) atoms. The molecule has 0 fully saturated rings. The molecule has 0 spiro atoms. The topological polar surface area (TPSA) is 50.2 Å². The molecule has 0 aliphatic heterocycles. The van der Waals surface area contributed by atoms with Gasteiger partial charge in [0.25, 0.3) is 0 Å². The zero-order valence-corrected chi connectivity index (χ0v) is 12.7. The minimum Gasteiger partial charge on any atom is -0.330 e. The molecule has 0 aromatic carbocycles. The van der Waals surface area contributed by atoms with E-state index in [1.807, 2.05) is 0 Å². The predicted molar refractivity (Wildman–Crippen MR) is 75.2 cm³/mol. The largest absolute Gasteiger partial charge is 0.330 e. The van der Waals surface area contributed by atoms with Crippen molar-refractivity contribution in [2.75, 3.05) is 5.32 Å². The quantitative estimate of drug-likeness (QED) is 0.393. The highest BCUT2D eigenvalue weighted by Crippen LogP contribution is 2.16. The van der Waals surface area contributed by atoms with Gasteiger partial charge in [0.15, 0.2) is 19.2 Å². The minimum atomic E-state index is -1.43. The number of nitrogens with one attached hydrogen (secondary N) is 1. The number of hydrogen-bond donors (Lipinski definition) is 1. The van der Waals surface area contributed by atoms with E-state index in [1.165, 1.54) is 0 Å². The normalized spacial score (nSPS) is 12.1. The Bertz CT molecular complexity index is 377. The molecule has 1 aromatic rings. The first-order valence-electron chi connectivity index (χ1n) is 4.37. The van der Waals surface area contributed by atoms with Crippen molar-refractivity contribution in [3.05, 3.63) is 15.1 Å². The van der Waals surface area contributed by atoms with Gasteiger partial charge in [-0.05, 0) is 42.2 Å². The minimum absolute atomic E-state index is 0.365. The van der Waals surface area contributed by atoms with E-state index in [9.17, 15) is 0 Å². The van der Waals surface area contributed by atoms with E-state index >= 15 is 0 Å². The van der Waals surface area contributed by atoms with Crippen LogP contribution in [0, 0.1) is 3.70 Å². The SMILES string of the molecule is C[Si](C)(C)N=CNc1ncc(I)nc1Cl. The second kappa shape index (κ2) is 5.22. The number of halogens is 2. The van der Waals surface area contributed by atoms with Crippen molar-refractivity contribution in [3.63, 3.8) is 0 Å². The average molecular weight is 355 g/mol. The second-order valence-corrected chi connectivity index (χ2v) is 9.97. The molecule has 4 nitrogen and oxygen atoms in total. The first kappa shape index (κ1) is 12.9. The van der Waals surface area contributed by atoms with Gasteiger partial charge in [-0.25, -0.2) is 9.97 Å². The van der Waals surface area contributed by atoms with E-state index < -0.39 is 8.24 Å². The summed E-state index contributed by atoms with van der Waals surface area (Å²) in [6.07, 6.45) is 3.30. The fourth-order valence-electron chi connectivity index (χ4n) is 0.731. The standard InChI is InChI=1S/C8H12ClIN4Si/c1-15(2,3)13-5-12-8-7(9)14-6(10)4-11-8/h4-5H,1-3H3,(H,11,12,13).